The van der Waals surface area contributed by atoms with Gasteiger partial charge in [-0.25, -0.2) is 9.69 Å². The lowest BCUT2D eigenvalue weighted by Gasteiger charge is -2.31. The predicted molar refractivity (Wildman–Crippen MR) is 267 cm³/mol. The number of hydrogen-bond donors (Lipinski definition) is 7. The average molecular weight is 1020 g/mol. The fourth-order valence-corrected chi connectivity index (χ4v) is 8.49. The first-order valence-corrected chi connectivity index (χ1v) is 23.6. The molecule has 3 heterocycles. The van der Waals surface area contributed by atoms with E-state index in [2.05, 4.69) is 31.9 Å². The van der Waals surface area contributed by atoms with Crippen molar-refractivity contribution in [1.29, 1.82) is 0 Å². The van der Waals surface area contributed by atoms with Gasteiger partial charge in [0, 0.05) is 50.1 Å². The highest BCUT2D eigenvalue weighted by molar-refractivity contribution is 6.15. The molecule has 9 amide bonds. The van der Waals surface area contributed by atoms with E-state index in [0.717, 1.165) is 33.1 Å². The molecular formula is C51H61N9O14. The van der Waals surface area contributed by atoms with Gasteiger partial charge in [0.1, 0.15) is 36.5 Å². The van der Waals surface area contributed by atoms with Crippen molar-refractivity contribution in [3.63, 3.8) is 0 Å². The maximum absolute atomic E-state index is 14.2. The summed E-state index contributed by atoms with van der Waals surface area (Å²) < 4.78 is 22.0. The molecule has 3 aliphatic rings. The van der Waals surface area contributed by atoms with E-state index in [1.54, 1.807) is 63.6 Å². The molecule has 23 nitrogen and oxygen atoms in total. The molecule has 0 saturated carbocycles. The Morgan fingerprint density at radius 1 is 0.770 bits per heavy atom. The fraction of sp³-hybridized carbons (Fsp3) is 0.392. The molecule has 0 bridgehead atoms. The standard InChI is InChI=1S/C51H61N9O14/c1-27(2)44(57-41(61)18-17-35(46(65)53-5)56-47(66)38(24-52-4)59-42(62)19-20-43(59)63)48(67)54-28(3)45(64)55-32-13-9-29(10-14-32)26-74-51(70)60-36-23-40(73-8)39(72-7)22-34(36)49(68)58-25-31(21-37(58)50(60)69)30-11-15-33(71-6)16-12-30/h9-16,19-20,22-23,25,27-28,35,37-38,44,50,52,69H,17-18,21,24,26H2,1-8H3,(H,53,65)(H,54,67)(H,55,64)(H,56,66)(H,57,61)/t28-,35-,37-,38-,44-,50-/m0/s1. The molecule has 6 rings (SSSR count). The zero-order valence-electron chi connectivity index (χ0n) is 42.2. The van der Waals surface area contributed by atoms with Gasteiger partial charge in [-0.15, -0.1) is 0 Å². The van der Waals surface area contributed by atoms with Gasteiger partial charge >= 0.3 is 6.09 Å². The van der Waals surface area contributed by atoms with Crippen molar-refractivity contribution >= 4 is 70.3 Å². The second-order valence-corrected chi connectivity index (χ2v) is 17.8. The van der Waals surface area contributed by atoms with Crippen LogP contribution in [0.2, 0.25) is 0 Å². The van der Waals surface area contributed by atoms with Crippen LogP contribution in [0, 0.1) is 5.92 Å². The molecule has 23 heteroatoms. The Morgan fingerprint density at radius 2 is 1.42 bits per heavy atom. The third-order valence-corrected chi connectivity index (χ3v) is 12.6. The van der Waals surface area contributed by atoms with Gasteiger partial charge < -0.3 is 60.9 Å². The molecule has 3 aromatic carbocycles. The van der Waals surface area contributed by atoms with Crippen LogP contribution in [-0.4, -0.2) is 147 Å². The molecule has 3 aromatic rings. The van der Waals surface area contributed by atoms with Crippen LogP contribution in [0.4, 0.5) is 16.2 Å². The maximum atomic E-state index is 14.2. The van der Waals surface area contributed by atoms with Gasteiger partial charge in [0.05, 0.1) is 38.6 Å². The third kappa shape index (κ3) is 12.5. The number of amides is 9. The number of aliphatic hydroxyl groups excluding tert-OH is 1. The van der Waals surface area contributed by atoms with E-state index >= 15 is 0 Å². The number of carbonyl (C=O) groups excluding carboxylic acids is 9. The number of rotatable bonds is 21. The summed E-state index contributed by atoms with van der Waals surface area (Å²) in [7, 11) is 7.22. The largest absolute Gasteiger partial charge is 0.497 e. The third-order valence-electron chi connectivity index (χ3n) is 12.6. The van der Waals surface area contributed by atoms with Crippen molar-refractivity contribution < 1.29 is 67.2 Å². The second-order valence-electron chi connectivity index (χ2n) is 17.8. The van der Waals surface area contributed by atoms with Crippen LogP contribution in [0.5, 0.6) is 17.2 Å². The smallest absolute Gasteiger partial charge is 0.416 e. The van der Waals surface area contributed by atoms with Crippen molar-refractivity contribution in [3.05, 3.63) is 95.7 Å². The number of imide groups is 1. The minimum atomic E-state index is -1.57. The van der Waals surface area contributed by atoms with Crippen molar-refractivity contribution in [2.75, 3.05) is 52.2 Å². The zero-order chi connectivity index (χ0) is 54.0. The van der Waals surface area contributed by atoms with E-state index < -0.39 is 95.7 Å². The van der Waals surface area contributed by atoms with Crippen LogP contribution in [0.1, 0.15) is 61.5 Å². The number of nitrogens with zero attached hydrogens (tertiary/aromatic N) is 3. The number of nitrogens with one attached hydrogen (secondary N) is 6. The summed E-state index contributed by atoms with van der Waals surface area (Å²) in [6.07, 6.45) is 0.880. The number of methoxy groups -OCH3 is 3. The van der Waals surface area contributed by atoms with Crippen LogP contribution in [0.25, 0.3) is 5.57 Å². The highest BCUT2D eigenvalue weighted by Gasteiger charge is 2.46. The number of ether oxygens (including phenoxy) is 4. The molecule has 6 atom stereocenters. The lowest BCUT2D eigenvalue weighted by molar-refractivity contribution is -0.145. The summed E-state index contributed by atoms with van der Waals surface area (Å²) in [5, 5.41) is 27.6. The van der Waals surface area contributed by atoms with E-state index in [-0.39, 0.29) is 55.2 Å². The molecule has 0 aliphatic carbocycles. The second kappa shape index (κ2) is 24.4. The number of fused-ring (bicyclic) bond motifs is 2. The lowest BCUT2D eigenvalue weighted by Crippen LogP contribution is -2.57. The molecule has 394 valence electrons. The molecule has 0 aromatic heterocycles. The zero-order valence-corrected chi connectivity index (χ0v) is 42.2. The fourth-order valence-electron chi connectivity index (χ4n) is 8.49. The molecule has 0 fully saturated rings. The molecule has 0 saturated heterocycles. The Balaban J connectivity index is 1.04. The van der Waals surface area contributed by atoms with Crippen LogP contribution < -0.4 is 51.0 Å². The number of anilines is 2. The summed E-state index contributed by atoms with van der Waals surface area (Å²) in [5.41, 5.74) is 2.48. The van der Waals surface area contributed by atoms with E-state index in [4.69, 9.17) is 18.9 Å². The molecule has 7 N–H and O–H groups in total. The van der Waals surface area contributed by atoms with Crippen molar-refractivity contribution in [2.45, 2.75) is 83.1 Å². The molecule has 3 aliphatic heterocycles. The van der Waals surface area contributed by atoms with E-state index in [1.165, 1.54) is 52.3 Å². The number of aliphatic hydroxyl groups is 1. The Kier molecular flexibility index (Phi) is 18.1. The van der Waals surface area contributed by atoms with E-state index in [0.29, 0.717) is 17.0 Å². The summed E-state index contributed by atoms with van der Waals surface area (Å²) in [6.45, 7) is 4.45. The van der Waals surface area contributed by atoms with Crippen LogP contribution >= 0.6 is 0 Å². The maximum Gasteiger partial charge on any atom is 0.416 e. The SMILES string of the molecule is CNC[C@@H](C(=O)N[C@@H](CCC(=O)N[C@H](C(=O)N[C@@H](C)C(=O)Nc1ccc(COC(=O)N2c3cc(OC)c(OC)cc3C(=O)N3C=C(c4ccc(OC)cc4)C[C@H]3[C@@H]2O)cc1)C(C)C)C(=O)NC)N1C(=O)C=CC1=O. The normalized spacial score (nSPS) is 17.5. The first kappa shape index (κ1) is 55.0. The predicted octanol–water partition coefficient (Wildman–Crippen LogP) is 1.55. The first-order chi connectivity index (χ1) is 35.3. The Hall–Kier alpha value is -8.31. The molecule has 0 unspecified atom stereocenters. The van der Waals surface area contributed by atoms with Crippen LogP contribution in [0.3, 0.4) is 0 Å². The summed E-state index contributed by atoms with van der Waals surface area (Å²) in [4.78, 5) is 122. The van der Waals surface area contributed by atoms with Crippen molar-refractivity contribution in [3.8, 4) is 17.2 Å². The molecule has 0 spiro atoms. The lowest BCUT2D eigenvalue weighted by atomic mass is 10.0. The minimum Gasteiger partial charge on any atom is -0.497 e. The van der Waals surface area contributed by atoms with Gasteiger partial charge in [-0.2, -0.15) is 0 Å². The van der Waals surface area contributed by atoms with E-state index in [1.807, 2.05) is 12.1 Å². The van der Waals surface area contributed by atoms with Gasteiger partial charge in [-0.05, 0) is 79.8 Å². The Morgan fingerprint density at radius 3 is 2.01 bits per heavy atom. The molecular weight excluding hydrogens is 963 g/mol. The van der Waals surface area contributed by atoms with E-state index in [9.17, 15) is 48.3 Å². The summed E-state index contributed by atoms with van der Waals surface area (Å²) in [6, 6.07) is 10.8. The highest BCUT2D eigenvalue weighted by Crippen LogP contribution is 2.43. The van der Waals surface area contributed by atoms with Gasteiger partial charge in [0.2, 0.25) is 29.5 Å². The minimum absolute atomic E-state index is 0.0426. The monoisotopic (exact) mass is 1020 g/mol. The number of likely N-dealkylation sites (N-methyl/N-ethyl adjacent to an activating group) is 2. The van der Waals surface area contributed by atoms with Crippen molar-refractivity contribution in [2.24, 2.45) is 5.92 Å². The highest BCUT2D eigenvalue weighted by atomic mass is 16.6. The van der Waals surface area contributed by atoms with Gasteiger partial charge in [-0.1, -0.05) is 38.1 Å². The number of carbonyl (C=O) groups is 9. The Labute approximate surface area is 426 Å². The summed E-state index contributed by atoms with van der Waals surface area (Å²) >= 11 is 0. The van der Waals surface area contributed by atoms with Crippen LogP contribution in [-0.2, 0) is 44.9 Å². The average Bonchev–Trinajstić information content (AvgIpc) is 3.97. The first-order valence-electron chi connectivity index (χ1n) is 23.6. The van der Waals surface area contributed by atoms with Crippen molar-refractivity contribution in [1.82, 2.24) is 36.4 Å². The van der Waals surface area contributed by atoms with Gasteiger partial charge in [-0.3, -0.25) is 43.3 Å². The number of hydrogen-bond acceptors (Lipinski definition) is 15. The topological polar surface area (TPSA) is 293 Å². The van der Waals surface area contributed by atoms with Crippen LogP contribution in [0.15, 0.2) is 79.0 Å². The van der Waals surface area contributed by atoms with Gasteiger partial charge in [0.15, 0.2) is 17.7 Å². The molecule has 74 heavy (non-hydrogen) atoms. The summed E-state index contributed by atoms with van der Waals surface area (Å²) in [5.74, 6) is -4.57. The quantitative estimate of drug-likeness (QED) is 0.0746. The van der Waals surface area contributed by atoms with Gasteiger partial charge in [0.25, 0.3) is 17.7 Å². The number of benzene rings is 3. The molecule has 0 radical (unpaired) electrons. The Bertz CT molecular complexity index is 2690.